The molecule has 0 aliphatic rings. The maximum atomic E-state index is 13.0. The van der Waals surface area contributed by atoms with Gasteiger partial charge in [-0.05, 0) is 48.7 Å². The zero-order valence-electron chi connectivity index (χ0n) is 11.0. The van der Waals surface area contributed by atoms with E-state index < -0.39 is 0 Å². The van der Waals surface area contributed by atoms with Crippen molar-refractivity contribution in [3.8, 4) is 16.9 Å². The monoisotopic (exact) mass is 284 g/mol. The van der Waals surface area contributed by atoms with E-state index in [4.69, 9.17) is 0 Å². The van der Waals surface area contributed by atoms with Crippen molar-refractivity contribution < 1.29 is 4.39 Å². The average molecular weight is 284 g/mol. The highest BCUT2D eigenvalue weighted by atomic mass is 32.2. The maximum Gasteiger partial charge on any atom is 0.123 e. The van der Waals surface area contributed by atoms with Crippen LogP contribution in [0.3, 0.4) is 0 Å². The number of benzene rings is 2. The van der Waals surface area contributed by atoms with Crippen LogP contribution in [-0.2, 0) is 0 Å². The molecule has 1 aromatic heterocycles. The lowest BCUT2D eigenvalue weighted by atomic mass is 10.1. The summed E-state index contributed by atoms with van der Waals surface area (Å²) in [7, 11) is 0. The lowest BCUT2D eigenvalue weighted by Crippen LogP contribution is -1.98. The first-order chi connectivity index (χ1) is 9.78. The Kier molecular flexibility index (Phi) is 3.56. The Labute approximate surface area is 121 Å². The van der Waals surface area contributed by atoms with E-state index in [1.807, 2.05) is 10.7 Å². The molecule has 0 atom stereocenters. The molecule has 0 fully saturated rings. The minimum Gasteiger partial charge on any atom is -0.233 e. The van der Waals surface area contributed by atoms with Crippen molar-refractivity contribution in [3.63, 3.8) is 0 Å². The van der Waals surface area contributed by atoms with Gasteiger partial charge in [0.25, 0.3) is 0 Å². The summed E-state index contributed by atoms with van der Waals surface area (Å²) in [5.41, 5.74) is 2.93. The van der Waals surface area contributed by atoms with Gasteiger partial charge in [-0.1, -0.05) is 12.1 Å². The molecular weight excluding hydrogens is 271 g/mol. The SMILES string of the molecule is CSc1ccc(-c2ccnn2-c2ccc(F)cc2)cc1. The van der Waals surface area contributed by atoms with Gasteiger partial charge in [-0.25, -0.2) is 9.07 Å². The van der Waals surface area contributed by atoms with Gasteiger partial charge in [0, 0.05) is 10.5 Å². The number of thioether (sulfide) groups is 1. The fourth-order valence-electron chi connectivity index (χ4n) is 2.07. The van der Waals surface area contributed by atoms with Crippen LogP contribution in [-0.4, -0.2) is 16.0 Å². The summed E-state index contributed by atoms with van der Waals surface area (Å²) in [4.78, 5) is 1.22. The molecule has 0 aliphatic carbocycles. The van der Waals surface area contributed by atoms with Gasteiger partial charge in [-0.3, -0.25) is 0 Å². The third-order valence-corrected chi connectivity index (χ3v) is 3.84. The topological polar surface area (TPSA) is 17.8 Å². The number of nitrogens with zero attached hydrogens (tertiary/aromatic N) is 2. The van der Waals surface area contributed by atoms with Crippen LogP contribution >= 0.6 is 11.8 Å². The smallest absolute Gasteiger partial charge is 0.123 e. The predicted molar refractivity (Wildman–Crippen MR) is 80.7 cm³/mol. The van der Waals surface area contributed by atoms with Crippen molar-refractivity contribution in [1.82, 2.24) is 9.78 Å². The van der Waals surface area contributed by atoms with E-state index in [1.54, 1.807) is 30.1 Å². The zero-order valence-corrected chi connectivity index (χ0v) is 11.8. The van der Waals surface area contributed by atoms with Gasteiger partial charge in [0.2, 0.25) is 0 Å². The molecule has 0 saturated heterocycles. The summed E-state index contributed by atoms with van der Waals surface area (Å²) < 4.78 is 14.8. The minimum atomic E-state index is -0.244. The van der Waals surface area contributed by atoms with Crippen molar-refractivity contribution in [2.24, 2.45) is 0 Å². The molecule has 0 aliphatic heterocycles. The van der Waals surface area contributed by atoms with E-state index >= 15 is 0 Å². The van der Waals surface area contributed by atoms with Crippen LogP contribution in [0.1, 0.15) is 0 Å². The second-order valence-electron chi connectivity index (χ2n) is 4.33. The fourth-order valence-corrected chi connectivity index (χ4v) is 2.48. The van der Waals surface area contributed by atoms with Gasteiger partial charge in [0.15, 0.2) is 0 Å². The van der Waals surface area contributed by atoms with Crippen LogP contribution in [0.25, 0.3) is 16.9 Å². The molecule has 3 rings (SSSR count). The largest absolute Gasteiger partial charge is 0.233 e. The molecule has 2 nitrogen and oxygen atoms in total. The predicted octanol–water partition coefficient (Wildman–Crippen LogP) is 4.40. The second-order valence-corrected chi connectivity index (χ2v) is 5.21. The lowest BCUT2D eigenvalue weighted by molar-refractivity contribution is 0.627. The number of halogens is 1. The van der Waals surface area contributed by atoms with Crippen LogP contribution in [0.15, 0.2) is 65.7 Å². The summed E-state index contributed by atoms with van der Waals surface area (Å²) >= 11 is 1.71. The average Bonchev–Trinajstić information content (AvgIpc) is 2.97. The van der Waals surface area contributed by atoms with Crippen molar-refractivity contribution >= 4 is 11.8 Å². The fraction of sp³-hybridized carbons (Fsp3) is 0.0625. The van der Waals surface area contributed by atoms with Crippen LogP contribution in [0.5, 0.6) is 0 Å². The Morgan fingerprint density at radius 1 is 0.950 bits per heavy atom. The quantitative estimate of drug-likeness (QED) is 0.663. The molecule has 0 bridgehead atoms. The summed E-state index contributed by atoms with van der Waals surface area (Å²) in [6.45, 7) is 0. The van der Waals surface area contributed by atoms with Crippen LogP contribution in [0.2, 0.25) is 0 Å². The van der Waals surface area contributed by atoms with Crippen molar-refractivity contribution in [2.75, 3.05) is 6.26 Å². The van der Waals surface area contributed by atoms with Crippen molar-refractivity contribution in [1.29, 1.82) is 0 Å². The number of hydrogen-bond acceptors (Lipinski definition) is 2. The Balaban J connectivity index is 2.02. The van der Waals surface area contributed by atoms with Gasteiger partial charge in [0.1, 0.15) is 5.82 Å². The third kappa shape index (κ3) is 2.47. The first kappa shape index (κ1) is 12.9. The van der Waals surface area contributed by atoms with E-state index in [1.165, 1.54) is 17.0 Å². The Hall–Kier alpha value is -2.07. The van der Waals surface area contributed by atoms with E-state index in [0.29, 0.717) is 0 Å². The highest BCUT2D eigenvalue weighted by Gasteiger charge is 2.07. The van der Waals surface area contributed by atoms with Gasteiger partial charge in [-0.15, -0.1) is 11.8 Å². The summed E-state index contributed by atoms with van der Waals surface area (Å²) in [6, 6.07) is 16.6. The number of aromatic nitrogens is 2. The summed E-state index contributed by atoms with van der Waals surface area (Å²) in [5, 5.41) is 4.32. The molecule has 100 valence electrons. The van der Waals surface area contributed by atoms with E-state index in [9.17, 15) is 4.39 Å². The molecule has 0 spiro atoms. The normalized spacial score (nSPS) is 10.7. The molecule has 2 aromatic carbocycles. The Bertz CT molecular complexity index is 702. The summed E-state index contributed by atoms with van der Waals surface area (Å²) in [5.74, 6) is -0.244. The van der Waals surface area contributed by atoms with Crippen LogP contribution in [0, 0.1) is 5.82 Å². The molecule has 4 heteroatoms. The standard InChI is InChI=1S/C16H13FN2S/c1-20-15-8-2-12(3-9-15)16-10-11-18-19(16)14-6-4-13(17)5-7-14/h2-11H,1H3. The maximum absolute atomic E-state index is 13.0. The molecule has 0 N–H and O–H groups in total. The molecule has 0 amide bonds. The Morgan fingerprint density at radius 3 is 2.30 bits per heavy atom. The van der Waals surface area contributed by atoms with Gasteiger partial charge in [0.05, 0.1) is 17.6 Å². The summed E-state index contributed by atoms with van der Waals surface area (Å²) in [6.07, 6.45) is 3.80. The highest BCUT2D eigenvalue weighted by Crippen LogP contribution is 2.25. The molecule has 0 unspecified atom stereocenters. The van der Waals surface area contributed by atoms with Gasteiger partial charge in [-0.2, -0.15) is 5.10 Å². The molecule has 0 saturated carbocycles. The minimum absolute atomic E-state index is 0.244. The zero-order chi connectivity index (χ0) is 13.9. The highest BCUT2D eigenvalue weighted by molar-refractivity contribution is 7.98. The van der Waals surface area contributed by atoms with Crippen LogP contribution in [0.4, 0.5) is 4.39 Å². The van der Waals surface area contributed by atoms with E-state index in [-0.39, 0.29) is 5.82 Å². The van der Waals surface area contributed by atoms with E-state index in [0.717, 1.165) is 16.9 Å². The molecule has 0 radical (unpaired) electrons. The lowest BCUT2D eigenvalue weighted by Gasteiger charge is -2.08. The second kappa shape index (κ2) is 5.51. The first-order valence-electron chi connectivity index (χ1n) is 6.22. The molecule has 3 aromatic rings. The molecular formula is C16H13FN2S. The molecule has 1 heterocycles. The van der Waals surface area contributed by atoms with Crippen molar-refractivity contribution in [3.05, 3.63) is 66.6 Å². The third-order valence-electron chi connectivity index (χ3n) is 3.10. The Morgan fingerprint density at radius 2 is 1.65 bits per heavy atom. The van der Waals surface area contributed by atoms with Crippen molar-refractivity contribution in [2.45, 2.75) is 4.90 Å². The molecule has 20 heavy (non-hydrogen) atoms. The first-order valence-corrected chi connectivity index (χ1v) is 7.45. The van der Waals surface area contributed by atoms with Gasteiger partial charge < -0.3 is 0 Å². The van der Waals surface area contributed by atoms with Gasteiger partial charge >= 0.3 is 0 Å². The number of hydrogen-bond donors (Lipinski definition) is 0. The van der Waals surface area contributed by atoms with Crippen LogP contribution < -0.4 is 0 Å². The number of rotatable bonds is 3. The van der Waals surface area contributed by atoms with E-state index in [2.05, 4.69) is 35.6 Å².